The van der Waals surface area contributed by atoms with E-state index in [9.17, 15) is 22.4 Å². The maximum Gasteiger partial charge on any atom is 0.433 e. The number of carbonyl (C=O) groups is 1. The monoisotopic (exact) mass is 549 g/mol. The molecule has 1 aliphatic heterocycles. The van der Waals surface area contributed by atoms with E-state index in [-0.39, 0.29) is 16.8 Å². The molecule has 7 nitrogen and oxygen atoms in total. The number of alkyl halides is 3. The molecule has 1 unspecified atom stereocenters. The first-order valence-corrected chi connectivity index (χ1v) is 12.3. The van der Waals surface area contributed by atoms with E-state index in [0.717, 1.165) is 17.8 Å². The summed E-state index contributed by atoms with van der Waals surface area (Å²) in [5.41, 5.74) is 2.11. The molecule has 0 radical (unpaired) electrons. The van der Waals surface area contributed by atoms with Crippen molar-refractivity contribution in [1.29, 1.82) is 0 Å². The van der Waals surface area contributed by atoms with E-state index in [1.807, 2.05) is 12.1 Å². The van der Waals surface area contributed by atoms with Crippen LogP contribution in [0.4, 0.5) is 17.6 Å². The number of oxime groups is 1. The van der Waals surface area contributed by atoms with Gasteiger partial charge in [-0.15, -0.1) is 0 Å². The third kappa shape index (κ3) is 5.83. The van der Waals surface area contributed by atoms with Crippen LogP contribution in [-0.2, 0) is 11.0 Å². The number of benzene rings is 1. The quantitative estimate of drug-likeness (QED) is 0.283. The molecule has 1 aromatic carbocycles. The van der Waals surface area contributed by atoms with Crippen LogP contribution in [0, 0.1) is 12.7 Å². The summed E-state index contributed by atoms with van der Waals surface area (Å²) in [5.74, 6) is -1.04. The molecule has 4 heterocycles. The number of aromatic nitrogens is 3. The Balaban J connectivity index is 1.45. The minimum Gasteiger partial charge on any atom is -0.385 e. The van der Waals surface area contributed by atoms with Crippen molar-refractivity contribution in [3.63, 3.8) is 0 Å². The van der Waals surface area contributed by atoms with E-state index >= 15 is 0 Å². The van der Waals surface area contributed by atoms with Crippen molar-refractivity contribution in [3.8, 4) is 11.3 Å². The third-order valence-corrected chi connectivity index (χ3v) is 6.39. The van der Waals surface area contributed by atoms with Gasteiger partial charge in [-0.3, -0.25) is 14.8 Å². The van der Waals surface area contributed by atoms with Gasteiger partial charge in [-0.2, -0.15) is 13.2 Å². The fourth-order valence-corrected chi connectivity index (χ4v) is 4.22. The molecule has 11 heteroatoms. The highest BCUT2D eigenvalue weighted by atomic mass is 19.4. The Kier molecular flexibility index (Phi) is 7.29. The molecule has 1 amide bonds. The lowest BCUT2D eigenvalue weighted by molar-refractivity contribution is -0.141. The Labute approximate surface area is 227 Å². The summed E-state index contributed by atoms with van der Waals surface area (Å²) in [6.07, 6.45) is -1.96. The molecule has 0 spiro atoms. The molecular formula is C29H23F4N5O2. The number of pyridine rings is 3. The van der Waals surface area contributed by atoms with Gasteiger partial charge in [0.15, 0.2) is 6.10 Å². The lowest BCUT2D eigenvalue weighted by atomic mass is 10.0. The number of carbonyl (C=O) groups excluding carboxylic acids is 1. The average Bonchev–Trinajstić information content (AvgIpc) is 3.43. The zero-order chi connectivity index (χ0) is 28.4. The highest BCUT2D eigenvalue weighted by molar-refractivity contribution is 6.03. The maximum atomic E-state index is 14.9. The van der Waals surface area contributed by atoms with Crippen LogP contribution in [0.1, 0.15) is 64.1 Å². The smallest absolute Gasteiger partial charge is 0.385 e. The average molecular weight is 550 g/mol. The Bertz CT molecular complexity index is 1570. The first-order chi connectivity index (χ1) is 19.1. The number of halogens is 4. The summed E-state index contributed by atoms with van der Waals surface area (Å²) in [7, 11) is 0. The molecule has 1 N–H and O–H groups in total. The van der Waals surface area contributed by atoms with Crippen LogP contribution in [0.2, 0.25) is 0 Å². The van der Waals surface area contributed by atoms with Crippen LogP contribution in [0.25, 0.3) is 11.3 Å². The predicted octanol–water partition coefficient (Wildman–Crippen LogP) is 6.36. The van der Waals surface area contributed by atoms with Crippen molar-refractivity contribution >= 4 is 11.6 Å². The van der Waals surface area contributed by atoms with Gasteiger partial charge in [0.05, 0.1) is 23.1 Å². The van der Waals surface area contributed by atoms with Gasteiger partial charge in [0.25, 0.3) is 5.91 Å². The molecule has 4 aromatic rings. The molecule has 0 fully saturated rings. The Morgan fingerprint density at radius 1 is 1.05 bits per heavy atom. The predicted molar refractivity (Wildman–Crippen MR) is 139 cm³/mol. The van der Waals surface area contributed by atoms with Gasteiger partial charge in [0.2, 0.25) is 0 Å². The van der Waals surface area contributed by atoms with E-state index in [4.69, 9.17) is 4.84 Å². The zero-order valence-corrected chi connectivity index (χ0v) is 21.4. The van der Waals surface area contributed by atoms with E-state index < -0.39 is 35.7 Å². The molecule has 204 valence electrons. The molecule has 0 bridgehead atoms. The van der Waals surface area contributed by atoms with Crippen molar-refractivity contribution in [2.45, 2.75) is 38.6 Å². The van der Waals surface area contributed by atoms with Crippen molar-refractivity contribution < 1.29 is 27.2 Å². The van der Waals surface area contributed by atoms with Crippen LogP contribution in [0.3, 0.4) is 0 Å². The second-order valence-electron chi connectivity index (χ2n) is 9.37. The van der Waals surface area contributed by atoms with Gasteiger partial charge in [0, 0.05) is 29.9 Å². The summed E-state index contributed by atoms with van der Waals surface area (Å²) in [4.78, 5) is 31.2. The first-order valence-electron chi connectivity index (χ1n) is 12.3. The van der Waals surface area contributed by atoms with Crippen LogP contribution in [0.5, 0.6) is 0 Å². The molecule has 0 saturated heterocycles. The SMILES string of the molecule is Cc1ccc(-c2cc(C(=O)N[C@H](C)c3ccc(C(F)(F)F)nc3)cc(C3=NOC(c4ccccn4)C3)n2)c(F)c1. The summed E-state index contributed by atoms with van der Waals surface area (Å²) < 4.78 is 53.6. The Hall–Kier alpha value is -4.67. The number of nitrogens with zero attached hydrogens (tertiary/aromatic N) is 4. The number of amides is 1. The molecular weight excluding hydrogens is 526 g/mol. The van der Waals surface area contributed by atoms with E-state index in [0.29, 0.717) is 29.1 Å². The molecule has 0 aliphatic carbocycles. The molecule has 1 aliphatic rings. The fourth-order valence-electron chi connectivity index (χ4n) is 4.22. The third-order valence-electron chi connectivity index (χ3n) is 6.39. The minimum atomic E-state index is -4.57. The van der Waals surface area contributed by atoms with Crippen LogP contribution >= 0.6 is 0 Å². The highest BCUT2D eigenvalue weighted by Gasteiger charge is 2.32. The van der Waals surface area contributed by atoms with E-state index in [1.165, 1.54) is 24.3 Å². The van der Waals surface area contributed by atoms with E-state index in [1.54, 1.807) is 38.2 Å². The Morgan fingerprint density at radius 2 is 1.85 bits per heavy atom. The van der Waals surface area contributed by atoms with Gasteiger partial charge in [-0.25, -0.2) is 9.37 Å². The topological polar surface area (TPSA) is 89.4 Å². The molecule has 2 atom stereocenters. The minimum absolute atomic E-state index is 0.163. The molecule has 3 aromatic heterocycles. The molecule has 40 heavy (non-hydrogen) atoms. The van der Waals surface area contributed by atoms with Crippen LogP contribution < -0.4 is 5.32 Å². The van der Waals surface area contributed by atoms with Gasteiger partial charge < -0.3 is 10.2 Å². The second-order valence-corrected chi connectivity index (χ2v) is 9.37. The number of rotatable bonds is 6. The van der Waals surface area contributed by atoms with Crippen LogP contribution in [-0.4, -0.2) is 26.6 Å². The molecule has 5 rings (SSSR count). The fraction of sp³-hybridized carbons (Fsp3) is 0.207. The summed E-state index contributed by atoms with van der Waals surface area (Å²) >= 11 is 0. The van der Waals surface area contributed by atoms with Gasteiger partial charge in [-0.1, -0.05) is 23.4 Å². The number of nitrogens with one attached hydrogen (secondary N) is 1. The highest BCUT2D eigenvalue weighted by Crippen LogP contribution is 2.31. The zero-order valence-electron chi connectivity index (χ0n) is 21.4. The lowest BCUT2D eigenvalue weighted by Crippen LogP contribution is -2.27. The number of aryl methyl sites for hydroxylation is 1. The second kappa shape index (κ2) is 10.8. The van der Waals surface area contributed by atoms with Crippen molar-refractivity contribution in [2.75, 3.05) is 0 Å². The molecule has 0 saturated carbocycles. The summed E-state index contributed by atoms with van der Waals surface area (Å²) in [5, 5.41) is 6.92. The largest absolute Gasteiger partial charge is 0.433 e. The normalized spacial score (nSPS) is 15.8. The van der Waals surface area contributed by atoms with Crippen LogP contribution in [0.15, 0.2) is 78.2 Å². The first kappa shape index (κ1) is 26.9. The Morgan fingerprint density at radius 3 is 2.52 bits per heavy atom. The lowest BCUT2D eigenvalue weighted by Gasteiger charge is -2.16. The summed E-state index contributed by atoms with van der Waals surface area (Å²) in [6, 6.07) is 14.5. The standard InChI is InChI=1S/C29H23F4N5O2/c1-16-6-8-20(21(30)11-16)23-12-19(28(39)36-17(2)18-7-9-27(35-15-18)29(31,32)33)13-24(37-23)25-14-26(40-38-25)22-5-3-4-10-34-22/h3-13,15,17,26H,14H2,1-2H3,(H,36,39)/t17-,26?/m1/s1. The van der Waals surface area contributed by atoms with Gasteiger partial charge >= 0.3 is 6.18 Å². The van der Waals surface area contributed by atoms with E-state index in [2.05, 4.69) is 25.4 Å². The number of hydrogen-bond donors (Lipinski definition) is 1. The maximum absolute atomic E-state index is 14.9. The number of hydrogen-bond acceptors (Lipinski definition) is 6. The van der Waals surface area contributed by atoms with Crippen molar-refractivity contribution in [1.82, 2.24) is 20.3 Å². The van der Waals surface area contributed by atoms with Crippen molar-refractivity contribution in [2.24, 2.45) is 5.16 Å². The van der Waals surface area contributed by atoms with Crippen molar-refractivity contribution in [3.05, 3.63) is 113 Å². The van der Waals surface area contributed by atoms with Gasteiger partial charge in [-0.05, 0) is 67.4 Å². The summed E-state index contributed by atoms with van der Waals surface area (Å²) in [6.45, 7) is 3.38. The van der Waals surface area contributed by atoms with Gasteiger partial charge in [0.1, 0.15) is 17.2 Å².